The van der Waals surface area contributed by atoms with Crippen LogP contribution in [0.15, 0.2) is 36.5 Å². The van der Waals surface area contributed by atoms with Crippen LogP contribution < -0.4 is 14.8 Å². The molecule has 0 radical (unpaired) electrons. The van der Waals surface area contributed by atoms with Crippen molar-refractivity contribution in [3.63, 3.8) is 0 Å². The molecule has 1 aromatic heterocycles. The second-order valence-corrected chi connectivity index (χ2v) is 4.28. The molecule has 1 aliphatic rings. The van der Waals surface area contributed by atoms with E-state index in [1.54, 1.807) is 6.07 Å². The molecular formula is C14H12N2O4. The van der Waals surface area contributed by atoms with Crippen molar-refractivity contribution in [1.29, 1.82) is 0 Å². The molecule has 0 saturated heterocycles. The number of carbonyl (C=O) groups is 1. The molecule has 0 fully saturated rings. The number of benzene rings is 1. The summed E-state index contributed by atoms with van der Waals surface area (Å²) in [6, 6.07) is 8.85. The highest BCUT2D eigenvalue weighted by molar-refractivity contribution is 5.87. The largest absolute Gasteiger partial charge is 0.478 e. The van der Waals surface area contributed by atoms with Crippen LogP contribution in [0.3, 0.4) is 0 Å². The minimum atomic E-state index is -0.986. The lowest BCUT2D eigenvalue weighted by Crippen LogP contribution is -2.03. The average molecular weight is 272 g/mol. The van der Waals surface area contributed by atoms with Gasteiger partial charge in [0, 0.05) is 12.7 Å². The molecule has 2 N–H and O–H groups in total. The molecule has 0 atom stereocenters. The Kier molecular flexibility index (Phi) is 3.12. The van der Waals surface area contributed by atoms with E-state index in [4.69, 9.17) is 14.6 Å². The van der Waals surface area contributed by atoms with Gasteiger partial charge in [0.25, 0.3) is 0 Å². The molecule has 0 saturated carbocycles. The third-order valence-corrected chi connectivity index (χ3v) is 2.92. The van der Waals surface area contributed by atoms with E-state index in [1.165, 1.54) is 12.3 Å². The Morgan fingerprint density at radius 3 is 2.85 bits per heavy atom. The number of anilines is 1. The lowest BCUT2D eigenvalue weighted by molar-refractivity contribution is 0.0696. The summed E-state index contributed by atoms with van der Waals surface area (Å²) in [6.07, 6.45) is 1.32. The molecule has 102 valence electrons. The maximum absolute atomic E-state index is 10.7. The first kappa shape index (κ1) is 12.3. The normalized spacial score (nSPS) is 12.2. The molecule has 6 heteroatoms. The monoisotopic (exact) mass is 272 g/mol. The van der Waals surface area contributed by atoms with Crippen LogP contribution in [0.4, 0.5) is 5.82 Å². The highest BCUT2D eigenvalue weighted by atomic mass is 16.7. The number of nitrogens with one attached hydrogen (secondary N) is 1. The van der Waals surface area contributed by atoms with E-state index in [-0.39, 0.29) is 12.4 Å². The fourth-order valence-electron chi connectivity index (χ4n) is 1.87. The molecular weight excluding hydrogens is 260 g/mol. The maximum atomic E-state index is 10.7. The summed E-state index contributed by atoms with van der Waals surface area (Å²) in [5.41, 5.74) is 1.19. The number of rotatable bonds is 4. The number of hydrogen-bond acceptors (Lipinski definition) is 5. The van der Waals surface area contributed by atoms with Crippen molar-refractivity contribution >= 4 is 11.8 Å². The topological polar surface area (TPSA) is 80.7 Å². The Bertz CT molecular complexity index is 640. The van der Waals surface area contributed by atoms with Crippen molar-refractivity contribution in [3.8, 4) is 11.5 Å². The van der Waals surface area contributed by atoms with Crippen LogP contribution in [0.1, 0.15) is 15.9 Å². The van der Waals surface area contributed by atoms with E-state index >= 15 is 0 Å². The molecule has 0 aliphatic carbocycles. The number of fused-ring (bicyclic) bond motifs is 1. The molecule has 0 amide bonds. The van der Waals surface area contributed by atoms with Crippen LogP contribution in [-0.2, 0) is 6.54 Å². The maximum Gasteiger partial charge on any atom is 0.337 e. The van der Waals surface area contributed by atoms with Crippen molar-refractivity contribution in [3.05, 3.63) is 47.7 Å². The number of carboxylic acids is 1. The lowest BCUT2D eigenvalue weighted by Gasteiger charge is -2.06. The molecule has 1 aromatic carbocycles. The minimum absolute atomic E-state index is 0.165. The Morgan fingerprint density at radius 2 is 2.10 bits per heavy atom. The standard InChI is InChI=1S/C14H12N2O4/c17-14(18)10-2-4-13(16-7-10)15-6-9-1-3-11-12(5-9)20-8-19-11/h1-5,7H,6,8H2,(H,15,16)(H,17,18). The number of aromatic nitrogens is 1. The van der Waals surface area contributed by atoms with E-state index < -0.39 is 5.97 Å². The molecule has 2 aromatic rings. The molecule has 2 heterocycles. The molecule has 0 spiro atoms. The van der Waals surface area contributed by atoms with E-state index in [1.807, 2.05) is 18.2 Å². The van der Waals surface area contributed by atoms with Crippen molar-refractivity contribution in [2.75, 3.05) is 12.1 Å². The smallest absolute Gasteiger partial charge is 0.337 e. The molecule has 0 unspecified atom stereocenters. The SMILES string of the molecule is O=C(O)c1ccc(NCc2ccc3c(c2)OCO3)nc1. The number of ether oxygens (including phenoxy) is 2. The number of hydrogen-bond donors (Lipinski definition) is 2. The number of carboxylic acid groups (broad SMARTS) is 1. The van der Waals surface area contributed by atoms with Gasteiger partial charge in [-0.15, -0.1) is 0 Å². The second-order valence-electron chi connectivity index (χ2n) is 4.28. The number of aromatic carboxylic acids is 1. The Labute approximate surface area is 115 Å². The molecule has 6 nitrogen and oxygen atoms in total. The van der Waals surface area contributed by atoms with Gasteiger partial charge in [0.15, 0.2) is 11.5 Å². The third-order valence-electron chi connectivity index (χ3n) is 2.92. The first-order valence-corrected chi connectivity index (χ1v) is 6.04. The third kappa shape index (κ3) is 2.49. The predicted molar refractivity (Wildman–Crippen MR) is 71.1 cm³/mol. The zero-order chi connectivity index (χ0) is 13.9. The Balaban J connectivity index is 1.65. The molecule has 1 aliphatic heterocycles. The number of nitrogens with zero attached hydrogens (tertiary/aromatic N) is 1. The summed E-state index contributed by atoms with van der Waals surface area (Å²) in [5.74, 6) is 1.11. The van der Waals surface area contributed by atoms with Crippen molar-refractivity contribution < 1.29 is 19.4 Å². The zero-order valence-electron chi connectivity index (χ0n) is 10.5. The van der Waals surface area contributed by atoms with Crippen molar-refractivity contribution in [1.82, 2.24) is 4.98 Å². The predicted octanol–water partition coefficient (Wildman–Crippen LogP) is 2.12. The van der Waals surface area contributed by atoms with Crippen LogP contribution in [0, 0.1) is 0 Å². The zero-order valence-corrected chi connectivity index (χ0v) is 10.5. The summed E-state index contributed by atoms with van der Waals surface area (Å²) in [4.78, 5) is 14.8. The second kappa shape index (κ2) is 5.08. The van der Waals surface area contributed by atoms with E-state index in [0.717, 1.165) is 17.1 Å². The summed E-state index contributed by atoms with van der Waals surface area (Å²) in [5, 5.41) is 11.9. The quantitative estimate of drug-likeness (QED) is 0.887. The molecule has 20 heavy (non-hydrogen) atoms. The highest BCUT2D eigenvalue weighted by Gasteiger charge is 2.13. The first-order valence-electron chi connectivity index (χ1n) is 6.04. The van der Waals surface area contributed by atoms with Crippen molar-refractivity contribution in [2.24, 2.45) is 0 Å². The fraction of sp³-hybridized carbons (Fsp3) is 0.143. The van der Waals surface area contributed by atoms with Gasteiger partial charge >= 0.3 is 5.97 Å². The summed E-state index contributed by atoms with van der Waals surface area (Å²) in [6.45, 7) is 0.820. The lowest BCUT2D eigenvalue weighted by atomic mass is 10.2. The van der Waals surface area contributed by atoms with Gasteiger partial charge < -0.3 is 19.9 Å². The van der Waals surface area contributed by atoms with Gasteiger partial charge in [-0.3, -0.25) is 0 Å². The van der Waals surface area contributed by atoms with Gasteiger partial charge in [-0.1, -0.05) is 6.07 Å². The van der Waals surface area contributed by atoms with Crippen LogP contribution in [-0.4, -0.2) is 22.9 Å². The number of pyridine rings is 1. The van der Waals surface area contributed by atoms with Crippen LogP contribution >= 0.6 is 0 Å². The first-order chi connectivity index (χ1) is 9.72. The highest BCUT2D eigenvalue weighted by Crippen LogP contribution is 2.32. The fourth-order valence-corrected chi connectivity index (χ4v) is 1.87. The summed E-state index contributed by atoms with van der Waals surface area (Å²) < 4.78 is 10.5. The van der Waals surface area contributed by atoms with Gasteiger partial charge in [-0.25, -0.2) is 9.78 Å². The molecule has 3 rings (SSSR count). The van der Waals surface area contributed by atoms with Gasteiger partial charge in [0.1, 0.15) is 5.82 Å². The molecule has 0 bridgehead atoms. The van der Waals surface area contributed by atoms with E-state index in [0.29, 0.717) is 12.4 Å². The van der Waals surface area contributed by atoms with Crippen LogP contribution in [0.5, 0.6) is 11.5 Å². The van der Waals surface area contributed by atoms with E-state index in [9.17, 15) is 4.79 Å². The van der Waals surface area contributed by atoms with Gasteiger partial charge in [-0.05, 0) is 29.8 Å². The van der Waals surface area contributed by atoms with Gasteiger partial charge in [0.05, 0.1) is 5.56 Å². The van der Waals surface area contributed by atoms with Crippen molar-refractivity contribution in [2.45, 2.75) is 6.54 Å². The Hall–Kier alpha value is -2.76. The van der Waals surface area contributed by atoms with Gasteiger partial charge in [-0.2, -0.15) is 0 Å². The average Bonchev–Trinajstić information content (AvgIpc) is 2.93. The van der Waals surface area contributed by atoms with Crippen LogP contribution in [0.2, 0.25) is 0 Å². The summed E-state index contributed by atoms with van der Waals surface area (Å²) >= 11 is 0. The minimum Gasteiger partial charge on any atom is -0.478 e. The van der Waals surface area contributed by atoms with Gasteiger partial charge in [0.2, 0.25) is 6.79 Å². The Morgan fingerprint density at radius 1 is 1.25 bits per heavy atom. The van der Waals surface area contributed by atoms with Crippen LogP contribution in [0.25, 0.3) is 0 Å². The van der Waals surface area contributed by atoms with E-state index in [2.05, 4.69) is 10.3 Å². The summed E-state index contributed by atoms with van der Waals surface area (Å²) in [7, 11) is 0.